The highest BCUT2D eigenvalue weighted by Gasteiger charge is 2.49. The molecule has 88 valence electrons. The molecule has 2 heteroatoms. The zero-order chi connectivity index (χ0) is 11.9. The Morgan fingerprint density at radius 1 is 0.941 bits per heavy atom. The van der Waals surface area contributed by atoms with Crippen LogP contribution in [0, 0.1) is 22.6 Å². The molecule has 0 N–H and O–H groups in total. The summed E-state index contributed by atoms with van der Waals surface area (Å²) in [7, 11) is 0. The van der Waals surface area contributed by atoms with Crippen molar-refractivity contribution in [3.63, 3.8) is 0 Å². The second-order valence-electron chi connectivity index (χ2n) is 5.68. The lowest BCUT2D eigenvalue weighted by atomic mass is 9.52. The lowest BCUT2D eigenvalue weighted by Crippen LogP contribution is -2.43. The molecule has 1 aromatic carbocycles. The maximum Gasteiger partial charge on any atom is 0.123 e. The van der Waals surface area contributed by atoms with Crippen LogP contribution in [0.4, 0.5) is 4.39 Å². The van der Waals surface area contributed by atoms with Gasteiger partial charge in [0.1, 0.15) is 5.82 Å². The molecule has 0 aromatic heterocycles. The van der Waals surface area contributed by atoms with E-state index in [0.717, 1.165) is 38.5 Å². The topological polar surface area (TPSA) is 23.8 Å². The maximum atomic E-state index is 13.0. The van der Waals surface area contributed by atoms with Crippen LogP contribution in [0.25, 0.3) is 0 Å². The number of hydrogen-bond acceptors (Lipinski definition) is 1. The van der Waals surface area contributed by atoms with Gasteiger partial charge in [-0.15, -0.1) is 0 Å². The Hall–Kier alpha value is -1.36. The summed E-state index contributed by atoms with van der Waals surface area (Å²) in [6.07, 6.45) is 6.31. The van der Waals surface area contributed by atoms with Gasteiger partial charge in [-0.2, -0.15) is 5.26 Å². The number of nitriles is 1. The number of benzene rings is 1. The van der Waals surface area contributed by atoms with E-state index >= 15 is 0 Å². The minimum atomic E-state index is -0.164. The molecule has 0 unspecified atom stereocenters. The monoisotopic (exact) mass is 229 g/mol. The van der Waals surface area contributed by atoms with Crippen molar-refractivity contribution in [2.24, 2.45) is 5.41 Å². The SMILES string of the molecule is N#CC12CCC(c3ccc(F)cc3)(CC1)CC2. The quantitative estimate of drug-likeness (QED) is 0.715. The first-order valence-corrected chi connectivity index (χ1v) is 6.36. The van der Waals surface area contributed by atoms with Gasteiger partial charge in [0.05, 0.1) is 11.5 Å². The predicted molar refractivity (Wildman–Crippen MR) is 63.8 cm³/mol. The summed E-state index contributed by atoms with van der Waals surface area (Å²) >= 11 is 0. The molecule has 3 fully saturated rings. The first-order valence-electron chi connectivity index (χ1n) is 6.36. The van der Waals surface area contributed by atoms with Crippen LogP contribution >= 0.6 is 0 Å². The molecular formula is C15H16FN. The molecule has 3 saturated carbocycles. The Labute approximate surface area is 101 Å². The Morgan fingerprint density at radius 3 is 1.94 bits per heavy atom. The molecule has 0 aliphatic heterocycles. The predicted octanol–water partition coefficient (Wildman–Crippen LogP) is 3.94. The molecule has 17 heavy (non-hydrogen) atoms. The second kappa shape index (κ2) is 3.57. The summed E-state index contributed by atoms with van der Waals surface area (Å²) in [6, 6.07) is 9.50. The normalized spacial score (nSPS) is 35.5. The van der Waals surface area contributed by atoms with Crippen molar-refractivity contribution in [3.05, 3.63) is 35.6 Å². The van der Waals surface area contributed by atoms with Crippen LogP contribution in [0.15, 0.2) is 24.3 Å². The number of rotatable bonds is 1. The summed E-state index contributed by atoms with van der Waals surface area (Å²) in [5, 5.41) is 9.26. The highest BCUT2D eigenvalue weighted by Crippen LogP contribution is 2.57. The third-order valence-electron chi connectivity index (χ3n) is 4.94. The van der Waals surface area contributed by atoms with Gasteiger partial charge in [0.25, 0.3) is 0 Å². The van der Waals surface area contributed by atoms with Crippen molar-refractivity contribution >= 4 is 0 Å². The van der Waals surface area contributed by atoms with Crippen LogP contribution in [-0.2, 0) is 5.41 Å². The van der Waals surface area contributed by atoms with Crippen molar-refractivity contribution in [3.8, 4) is 6.07 Å². The van der Waals surface area contributed by atoms with Crippen LogP contribution in [-0.4, -0.2) is 0 Å². The molecule has 1 aromatic rings. The molecule has 4 rings (SSSR count). The lowest BCUT2D eigenvalue weighted by molar-refractivity contribution is 0.0848. The van der Waals surface area contributed by atoms with E-state index in [1.165, 1.54) is 5.56 Å². The van der Waals surface area contributed by atoms with Gasteiger partial charge in [0, 0.05) is 0 Å². The van der Waals surface area contributed by atoms with Crippen molar-refractivity contribution in [2.75, 3.05) is 0 Å². The minimum Gasteiger partial charge on any atom is -0.207 e. The summed E-state index contributed by atoms with van der Waals surface area (Å²) in [4.78, 5) is 0. The molecule has 3 aliphatic carbocycles. The minimum absolute atomic E-state index is 0.0399. The molecule has 0 spiro atoms. The van der Waals surface area contributed by atoms with Gasteiger partial charge < -0.3 is 0 Å². The van der Waals surface area contributed by atoms with Crippen molar-refractivity contribution in [2.45, 2.75) is 43.9 Å². The molecule has 0 saturated heterocycles. The standard InChI is InChI=1S/C15H16FN/c16-13-3-1-12(2-4-13)15-8-5-14(11-17,6-9-15)7-10-15/h1-4H,5-10H2. The van der Waals surface area contributed by atoms with E-state index in [-0.39, 0.29) is 16.6 Å². The molecule has 0 heterocycles. The summed E-state index contributed by atoms with van der Waals surface area (Å²) in [5.41, 5.74) is 1.46. The van der Waals surface area contributed by atoms with Crippen LogP contribution < -0.4 is 0 Å². The van der Waals surface area contributed by atoms with Gasteiger partial charge >= 0.3 is 0 Å². The van der Waals surface area contributed by atoms with E-state index in [2.05, 4.69) is 6.07 Å². The number of hydrogen-bond donors (Lipinski definition) is 0. The van der Waals surface area contributed by atoms with Gasteiger partial charge in [-0.1, -0.05) is 12.1 Å². The second-order valence-corrected chi connectivity index (χ2v) is 5.68. The largest absolute Gasteiger partial charge is 0.207 e. The van der Waals surface area contributed by atoms with E-state index in [1.807, 2.05) is 12.1 Å². The molecule has 3 aliphatic rings. The molecule has 1 nitrogen and oxygen atoms in total. The third-order valence-corrected chi connectivity index (χ3v) is 4.94. The fraction of sp³-hybridized carbons (Fsp3) is 0.533. The Balaban J connectivity index is 1.91. The summed E-state index contributed by atoms with van der Waals surface area (Å²) in [5.74, 6) is -0.164. The smallest absolute Gasteiger partial charge is 0.123 e. The van der Waals surface area contributed by atoms with Gasteiger partial charge in [0.2, 0.25) is 0 Å². The Morgan fingerprint density at radius 2 is 1.47 bits per heavy atom. The van der Waals surface area contributed by atoms with E-state index in [0.29, 0.717) is 0 Å². The average Bonchev–Trinajstić information content (AvgIpc) is 2.41. The van der Waals surface area contributed by atoms with Crippen molar-refractivity contribution < 1.29 is 4.39 Å². The molecule has 0 amide bonds. The first kappa shape index (κ1) is 10.8. The van der Waals surface area contributed by atoms with E-state index in [1.54, 1.807) is 12.1 Å². The van der Waals surface area contributed by atoms with Crippen molar-refractivity contribution in [1.82, 2.24) is 0 Å². The fourth-order valence-corrected chi connectivity index (χ4v) is 3.59. The maximum absolute atomic E-state index is 13.0. The number of fused-ring (bicyclic) bond motifs is 3. The van der Waals surface area contributed by atoms with Crippen molar-refractivity contribution in [1.29, 1.82) is 5.26 Å². The summed E-state index contributed by atoms with van der Waals surface area (Å²) < 4.78 is 13.0. The number of halogens is 1. The van der Waals surface area contributed by atoms with Gasteiger partial charge in [-0.3, -0.25) is 0 Å². The van der Waals surface area contributed by atoms with Gasteiger partial charge in [-0.05, 0) is 61.6 Å². The van der Waals surface area contributed by atoms with Crippen LogP contribution in [0.5, 0.6) is 0 Å². The highest BCUT2D eigenvalue weighted by atomic mass is 19.1. The van der Waals surface area contributed by atoms with E-state index < -0.39 is 0 Å². The zero-order valence-corrected chi connectivity index (χ0v) is 9.88. The van der Waals surface area contributed by atoms with E-state index in [9.17, 15) is 9.65 Å². The van der Waals surface area contributed by atoms with Gasteiger partial charge in [-0.25, -0.2) is 4.39 Å². The molecule has 0 radical (unpaired) electrons. The molecular weight excluding hydrogens is 213 g/mol. The first-order chi connectivity index (χ1) is 8.18. The zero-order valence-electron chi connectivity index (χ0n) is 9.88. The summed E-state index contributed by atoms with van der Waals surface area (Å²) in [6.45, 7) is 0. The fourth-order valence-electron chi connectivity index (χ4n) is 3.59. The third kappa shape index (κ3) is 1.57. The average molecular weight is 229 g/mol. The van der Waals surface area contributed by atoms with Gasteiger partial charge in [0.15, 0.2) is 0 Å². The van der Waals surface area contributed by atoms with Crippen LogP contribution in [0.3, 0.4) is 0 Å². The lowest BCUT2D eigenvalue weighted by Gasteiger charge is -2.50. The van der Waals surface area contributed by atoms with Crippen LogP contribution in [0.1, 0.15) is 44.1 Å². The molecule has 2 bridgehead atoms. The highest BCUT2D eigenvalue weighted by molar-refractivity contribution is 5.30. The Kier molecular flexibility index (Phi) is 2.26. The molecule has 0 atom stereocenters. The Bertz CT molecular complexity index is 444. The van der Waals surface area contributed by atoms with E-state index in [4.69, 9.17) is 0 Å². The van der Waals surface area contributed by atoms with Crippen LogP contribution in [0.2, 0.25) is 0 Å². The number of nitrogens with zero attached hydrogens (tertiary/aromatic N) is 1.